The first-order valence-corrected chi connectivity index (χ1v) is 9.51. The van der Waals surface area contributed by atoms with Crippen molar-refractivity contribution in [1.29, 1.82) is 0 Å². The van der Waals surface area contributed by atoms with Gasteiger partial charge in [0.05, 0.1) is 7.05 Å². The normalized spacial score (nSPS) is 12.0. The van der Waals surface area contributed by atoms with E-state index in [1.165, 1.54) is 17.0 Å². The van der Waals surface area contributed by atoms with Gasteiger partial charge >= 0.3 is 0 Å². The molecule has 2 rings (SSSR count). The van der Waals surface area contributed by atoms with E-state index in [2.05, 4.69) is 33.4 Å². The molecule has 0 aliphatic heterocycles. The molecule has 1 unspecified atom stereocenters. The van der Waals surface area contributed by atoms with Crippen LogP contribution in [-0.4, -0.2) is 31.8 Å². The Hall–Kier alpha value is -1.37. The van der Waals surface area contributed by atoms with Crippen LogP contribution >= 0.6 is 27.7 Å². The molecule has 0 aliphatic carbocycles. The molecule has 0 fully saturated rings. The number of carbonyl (C=O) groups excluding carboxylic acids is 1. The smallest absolute Gasteiger partial charge is 0.275 e. The summed E-state index contributed by atoms with van der Waals surface area (Å²) < 4.78 is 13.9. The van der Waals surface area contributed by atoms with E-state index in [1.807, 2.05) is 19.2 Å². The molecular weight excluding hydrogens is 391 g/mol. The summed E-state index contributed by atoms with van der Waals surface area (Å²) in [4.78, 5) is 14.2. The first kappa shape index (κ1) is 19.0. The van der Waals surface area contributed by atoms with Crippen LogP contribution in [-0.2, 0) is 11.3 Å². The molecule has 1 atom stereocenters. The van der Waals surface area contributed by atoms with Gasteiger partial charge in [-0.25, -0.2) is 4.39 Å². The first-order valence-electron chi connectivity index (χ1n) is 7.74. The van der Waals surface area contributed by atoms with Crippen molar-refractivity contribution in [1.82, 2.24) is 5.32 Å². The second-order valence-corrected chi connectivity index (χ2v) is 7.67. The molecule has 2 N–H and O–H groups in total. The summed E-state index contributed by atoms with van der Waals surface area (Å²) in [5.74, 6) is 0.633. The third-order valence-corrected chi connectivity index (χ3v) is 4.93. The van der Waals surface area contributed by atoms with E-state index in [0.29, 0.717) is 19.6 Å². The van der Waals surface area contributed by atoms with Crippen molar-refractivity contribution in [2.24, 2.45) is 0 Å². The van der Waals surface area contributed by atoms with E-state index in [9.17, 15) is 9.18 Å². The number of carbonyl (C=O) groups is 1. The zero-order valence-corrected chi connectivity index (χ0v) is 15.9. The van der Waals surface area contributed by atoms with Gasteiger partial charge in [-0.05, 0) is 36.4 Å². The summed E-state index contributed by atoms with van der Waals surface area (Å²) in [6, 6.07) is 14.5. The number of nitrogens with one attached hydrogen (secondary N) is 2. The maximum Gasteiger partial charge on any atom is 0.275 e. The standard InChI is InChI=1S/C18H20BrFN2OS/c1-22(12-14-2-6-16(20)7-3-14)13-18(23)21-10-11-24-17-8-4-15(19)5-9-17/h2-9H,10-13H2,1H3,(H,21,23)/p+1. The molecule has 1 amide bonds. The zero-order chi connectivity index (χ0) is 17.4. The Morgan fingerprint density at radius 3 is 2.50 bits per heavy atom. The molecule has 128 valence electrons. The lowest BCUT2D eigenvalue weighted by Crippen LogP contribution is -3.08. The van der Waals surface area contributed by atoms with Crippen molar-refractivity contribution >= 4 is 33.6 Å². The van der Waals surface area contributed by atoms with Gasteiger partial charge in [0.15, 0.2) is 6.54 Å². The Balaban J connectivity index is 1.63. The number of benzene rings is 2. The monoisotopic (exact) mass is 411 g/mol. The Bertz CT molecular complexity index is 649. The maximum atomic E-state index is 12.9. The lowest BCUT2D eigenvalue weighted by molar-refractivity contribution is -0.885. The van der Waals surface area contributed by atoms with Gasteiger partial charge in [-0.15, -0.1) is 11.8 Å². The third kappa shape index (κ3) is 7.03. The molecule has 2 aromatic carbocycles. The number of likely N-dealkylation sites (N-methyl/N-ethyl adjacent to an activating group) is 1. The minimum atomic E-state index is -0.239. The predicted molar refractivity (Wildman–Crippen MR) is 99.7 cm³/mol. The Morgan fingerprint density at radius 2 is 1.83 bits per heavy atom. The first-order chi connectivity index (χ1) is 11.5. The average molecular weight is 412 g/mol. The van der Waals surface area contributed by atoms with Crippen molar-refractivity contribution < 1.29 is 14.1 Å². The highest BCUT2D eigenvalue weighted by Gasteiger charge is 2.10. The molecular formula is C18H21BrFN2OS+. The summed E-state index contributed by atoms with van der Waals surface area (Å²) in [6.07, 6.45) is 0. The maximum absolute atomic E-state index is 12.9. The molecule has 0 spiro atoms. The van der Waals surface area contributed by atoms with Crippen molar-refractivity contribution in [2.75, 3.05) is 25.9 Å². The van der Waals surface area contributed by atoms with E-state index < -0.39 is 0 Å². The quantitative estimate of drug-likeness (QED) is 0.516. The number of hydrogen-bond acceptors (Lipinski definition) is 2. The van der Waals surface area contributed by atoms with Crippen molar-refractivity contribution in [3.8, 4) is 0 Å². The van der Waals surface area contributed by atoms with Crippen molar-refractivity contribution in [3.63, 3.8) is 0 Å². The molecule has 0 aliphatic rings. The summed E-state index contributed by atoms with van der Waals surface area (Å²) in [5.41, 5.74) is 1.02. The minimum Gasteiger partial charge on any atom is -0.350 e. The van der Waals surface area contributed by atoms with E-state index >= 15 is 0 Å². The minimum absolute atomic E-state index is 0.0333. The van der Waals surface area contributed by atoms with Crippen LogP contribution in [0.15, 0.2) is 57.9 Å². The van der Waals surface area contributed by atoms with Gasteiger partial charge in [0, 0.05) is 27.2 Å². The molecule has 0 saturated heterocycles. The van der Waals surface area contributed by atoms with Crippen LogP contribution in [0.1, 0.15) is 5.56 Å². The van der Waals surface area contributed by atoms with Gasteiger partial charge in [0.1, 0.15) is 12.4 Å². The molecule has 0 heterocycles. The Labute approximate surface area is 154 Å². The highest BCUT2D eigenvalue weighted by atomic mass is 79.9. The van der Waals surface area contributed by atoms with Crippen molar-refractivity contribution in [3.05, 3.63) is 64.4 Å². The Kier molecular flexibility index (Phi) is 7.75. The fourth-order valence-electron chi connectivity index (χ4n) is 2.24. The topological polar surface area (TPSA) is 33.5 Å². The zero-order valence-electron chi connectivity index (χ0n) is 13.5. The van der Waals surface area contributed by atoms with Crippen LogP contribution in [0.25, 0.3) is 0 Å². The highest BCUT2D eigenvalue weighted by Crippen LogP contribution is 2.19. The molecule has 0 bridgehead atoms. The number of halogens is 2. The van der Waals surface area contributed by atoms with Crippen LogP contribution in [0.2, 0.25) is 0 Å². The number of rotatable bonds is 8. The summed E-state index contributed by atoms with van der Waals surface area (Å²) in [7, 11) is 1.96. The van der Waals surface area contributed by atoms with Crippen LogP contribution in [0.5, 0.6) is 0 Å². The second kappa shape index (κ2) is 9.81. The largest absolute Gasteiger partial charge is 0.350 e. The molecule has 0 radical (unpaired) electrons. The van der Waals surface area contributed by atoms with Crippen LogP contribution in [0, 0.1) is 5.82 Å². The second-order valence-electron chi connectivity index (χ2n) is 5.59. The van der Waals surface area contributed by atoms with E-state index in [0.717, 1.165) is 20.7 Å². The summed E-state index contributed by atoms with van der Waals surface area (Å²) in [6.45, 7) is 1.74. The number of thioether (sulfide) groups is 1. The molecule has 6 heteroatoms. The SMILES string of the molecule is C[NH+](CC(=O)NCCSc1ccc(Br)cc1)Cc1ccc(F)cc1. The van der Waals surface area contributed by atoms with Crippen LogP contribution < -0.4 is 10.2 Å². The van der Waals surface area contributed by atoms with Gasteiger partial charge in [-0.3, -0.25) is 4.79 Å². The predicted octanol–water partition coefficient (Wildman–Crippen LogP) is 2.51. The van der Waals surface area contributed by atoms with Crippen LogP contribution in [0.3, 0.4) is 0 Å². The van der Waals surface area contributed by atoms with E-state index in [-0.39, 0.29) is 11.7 Å². The van der Waals surface area contributed by atoms with E-state index in [4.69, 9.17) is 0 Å². The number of amides is 1. The third-order valence-electron chi connectivity index (χ3n) is 3.39. The van der Waals surface area contributed by atoms with Crippen molar-refractivity contribution in [2.45, 2.75) is 11.4 Å². The van der Waals surface area contributed by atoms with Gasteiger partial charge in [0.25, 0.3) is 5.91 Å². The summed E-state index contributed by atoms with van der Waals surface area (Å²) >= 11 is 5.13. The van der Waals surface area contributed by atoms with Gasteiger partial charge < -0.3 is 10.2 Å². The Morgan fingerprint density at radius 1 is 1.17 bits per heavy atom. The highest BCUT2D eigenvalue weighted by molar-refractivity contribution is 9.10. The fraction of sp³-hybridized carbons (Fsp3) is 0.278. The molecule has 3 nitrogen and oxygen atoms in total. The average Bonchev–Trinajstić information content (AvgIpc) is 2.55. The lowest BCUT2D eigenvalue weighted by atomic mass is 10.2. The van der Waals surface area contributed by atoms with Gasteiger partial charge in [-0.2, -0.15) is 0 Å². The van der Waals surface area contributed by atoms with Crippen LogP contribution in [0.4, 0.5) is 4.39 Å². The molecule has 2 aromatic rings. The summed E-state index contributed by atoms with van der Waals surface area (Å²) in [5, 5.41) is 2.94. The molecule has 0 aromatic heterocycles. The lowest BCUT2D eigenvalue weighted by Gasteiger charge is -2.14. The number of quaternary nitrogens is 1. The number of hydrogen-bond donors (Lipinski definition) is 2. The molecule has 0 saturated carbocycles. The van der Waals surface area contributed by atoms with Gasteiger partial charge in [-0.1, -0.05) is 28.1 Å². The van der Waals surface area contributed by atoms with E-state index in [1.54, 1.807) is 23.9 Å². The van der Waals surface area contributed by atoms with Gasteiger partial charge in [0.2, 0.25) is 0 Å². The molecule has 24 heavy (non-hydrogen) atoms. The fourth-order valence-corrected chi connectivity index (χ4v) is 3.27.